The van der Waals surface area contributed by atoms with Gasteiger partial charge in [0.05, 0.1) is 16.0 Å². The molecule has 0 fully saturated rings. The number of carbonyl (C=O) groups excluding carboxylic acids is 1. The van der Waals surface area contributed by atoms with E-state index in [9.17, 15) is 14.9 Å². The number of carbonyl (C=O) groups is 1. The van der Waals surface area contributed by atoms with Gasteiger partial charge in [0.1, 0.15) is 11.5 Å². The molecule has 0 spiro atoms. The first-order chi connectivity index (χ1) is 8.02. The number of nitrogens with zero attached hydrogens (tertiary/aromatic N) is 2. The topological polar surface area (TPSA) is 84.0 Å². The van der Waals surface area contributed by atoms with Crippen LogP contribution >= 0.6 is 11.6 Å². The number of ketones is 1. The molecule has 1 aromatic rings. The maximum Gasteiger partial charge on any atom is 0.281 e. The highest BCUT2D eigenvalue weighted by molar-refractivity contribution is 6.34. The second kappa shape index (κ2) is 5.41. The molecule has 0 amide bonds. The van der Waals surface area contributed by atoms with Gasteiger partial charge in [-0.2, -0.15) is 5.26 Å². The van der Waals surface area contributed by atoms with E-state index < -0.39 is 16.6 Å². The second-order valence-electron chi connectivity index (χ2n) is 3.35. The SMILES string of the molecule is CCC(C#N)C(=O)c1c(Cl)cccc1[N+](=O)[O-]. The largest absolute Gasteiger partial charge is 0.292 e. The van der Waals surface area contributed by atoms with Crippen LogP contribution in [0.15, 0.2) is 18.2 Å². The van der Waals surface area contributed by atoms with Gasteiger partial charge in [-0.05, 0) is 12.5 Å². The van der Waals surface area contributed by atoms with E-state index in [1.807, 2.05) is 6.07 Å². The first-order valence-electron chi connectivity index (χ1n) is 4.89. The molecule has 1 aromatic carbocycles. The Morgan fingerprint density at radius 1 is 1.65 bits per heavy atom. The molecule has 0 aliphatic rings. The first-order valence-corrected chi connectivity index (χ1v) is 5.27. The molecule has 1 rings (SSSR count). The number of hydrogen-bond acceptors (Lipinski definition) is 4. The molecule has 0 bridgehead atoms. The summed E-state index contributed by atoms with van der Waals surface area (Å²) in [6.07, 6.45) is 0.289. The van der Waals surface area contributed by atoms with Gasteiger partial charge in [-0.25, -0.2) is 0 Å². The summed E-state index contributed by atoms with van der Waals surface area (Å²) >= 11 is 5.79. The Hall–Kier alpha value is -1.93. The van der Waals surface area contributed by atoms with Crippen molar-refractivity contribution in [2.45, 2.75) is 13.3 Å². The highest BCUT2D eigenvalue weighted by Gasteiger charge is 2.28. The van der Waals surface area contributed by atoms with Crippen molar-refractivity contribution in [1.82, 2.24) is 0 Å². The molecule has 0 aromatic heterocycles. The van der Waals surface area contributed by atoms with Gasteiger partial charge < -0.3 is 0 Å². The Kier molecular flexibility index (Phi) is 4.18. The molecule has 88 valence electrons. The minimum atomic E-state index is -0.909. The Bertz CT molecular complexity index is 508. The summed E-state index contributed by atoms with van der Waals surface area (Å²) in [6.45, 7) is 1.66. The predicted molar refractivity (Wildman–Crippen MR) is 61.8 cm³/mol. The van der Waals surface area contributed by atoms with Crippen molar-refractivity contribution >= 4 is 23.1 Å². The molecular weight excluding hydrogens is 244 g/mol. The van der Waals surface area contributed by atoms with Crippen LogP contribution in [0.2, 0.25) is 5.02 Å². The van der Waals surface area contributed by atoms with E-state index in [1.54, 1.807) is 6.92 Å². The molecule has 5 nitrogen and oxygen atoms in total. The Balaban J connectivity index is 3.35. The molecule has 0 aliphatic carbocycles. The fraction of sp³-hybridized carbons (Fsp3) is 0.273. The Morgan fingerprint density at radius 3 is 2.76 bits per heavy atom. The standard InChI is InChI=1S/C11H9ClN2O3/c1-2-7(6-13)11(15)10-8(12)4-3-5-9(10)14(16)17/h3-5,7H,2H2,1H3. The third-order valence-electron chi connectivity index (χ3n) is 2.32. The number of halogens is 1. The minimum absolute atomic E-state index is 0.00194. The molecule has 0 radical (unpaired) electrons. The van der Waals surface area contributed by atoms with Crippen molar-refractivity contribution in [3.05, 3.63) is 38.9 Å². The third kappa shape index (κ3) is 2.60. The van der Waals surface area contributed by atoms with Gasteiger partial charge in [0.2, 0.25) is 0 Å². The normalized spacial score (nSPS) is 11.6. The molecule has 0 saturated heterocycles. The van der Waals surface area contributed by atoms with Gasteiger partial charge in [0, 0.05) is 6.07 Å². The molecule has 0 saturated carbocycles. The van der Waals surface area contributed by atoms with Crippen LogP contribution in [0.1, 0.15) is 23.7 Å². The first kappa shape index (κ1) is 13.1. The van der Waals surface area contributed by atoms with Crippen LogP contribution in [0, 0.1) is 27.4 Å². The van der Waals surface area contributed by atoms with Crippen molar-refractivity contribution in [3.8, 4) is 6.07 Å². The molecule has 0 N–H and O–H groups in total. The van der Waals surface area contributed by atoms with Crippen LogP contribution in [0.25, 0.3) is 0 Å². The predicted octanol–water partition coefficient (Wildman–Crippen LogP) is 2.98. The maximum absolute atomic E-state index is 11.9. The number of benzene rings is 1. The quantitative estimate of drug-likeness (QED) is 0.468. The number of rotatable bonds is 4. The van der Waals surface area contributed by atoms with E-state index in [2.05, 4.69) is 0 Å². The van der Waals surface area contributed by atoms with Crippen molar-refractivity contribution in [3.63, 3.8) is 0 Å². The Labute approximate surface area is 103 Å². The second-order valence-corrected chi connectivity index (χ2v) is 3.75. The van der Waals surface area contributed by atoms with E-state index in [0.717, 1.165) is 0 Å². The molecule has 0 heterocycles. The van der Waals surface area contributed by atoms with E-state index in [-0.39, 0.29) is 22.7 Å². The van der Waals surface area contributed by atoms with Crippen LogP contribution in [0.4, 0.5) is 5.69 Å². The van der Waals surface area contributed by atoms with Gasteiger partial charge >= 0.3 is 0 Å². The summed E-state index contributed by atoms with van der Waals surface area (Å²) in [7, 11) is 0. The van der Waals surface area contributed by atoms with Crippen molar-refractivity contribution < 1.29 is 9.72 Å². The summed E-state index contributed by atoms with van der Waals surface area (Å²) < 4.78 is 0. The molecule has 1 unspecified atom stereocenters. The summed E-state index contributed by atoms with van der Waals surface area (Å²) in [5.41, 5.74) is -0.552. The minimum Gasteiger partial charge on any atom is -0.292 e. The van der Waals surface area contributed by atoms with Gasteiger partial charge in [-0.15, -0.1) is 0 Å². The van der Waals surface area contributed by atoms with E-state index >= 15 is 0 Å². The number of nitro groups is 1. The van der Waals surface area contributed by atoms with Gasteiger partial charge in [-0.1, -0.05) is 24.6 Å². The van der Waals surface area contributed by atoms with Crippen LogP contribution in [-0.4, -0.2) is 10.7 Å². The van der Waals surface area contributed by atoms with Gasteiger partial charge in [0.25, 0.3) is 5.69 Å². The zero-order valence-corrected chi connectivity index (χ0v) is 9.77. The van der Waals surface area contributed by atoms with E-state index in [0.29, 0.717) is 0 Å². The van der Waals surface area contributed by atoms with Gasteiger partial charge in [0.15, 0.2) is 5.78 Å². The highest BCUT2D eigenvalue weighted by Crippen LogP contribution is 2.29. The number of Topliss-reactive ketones (excluding diaryl/α,β-unsaturated/α-hetero) is 1. The molecule has 6 heteroatoms. The molecule has 0 aliphatic heterocycles. The zero-order valence-electron chi connectivity index (χ0n) is 9.01. The van der Waals surface area contributed by atoms with Gasteiger partial charge in [-0.3, -0.25) is 14.9 Å². The average Bonchev–Trinajstić information content (AvgIpc) is 2.29. The fourth-order valence-electron chi connectivity index (χ4n) is 1.42. The maximum atomic E-state index is 11.9. The lowest BCUT2D eigenvalue weighted by atomic mass is 9.95. The smallest absolute Gasteiger partial charge is 0.281 e. The van der Waals surface area contributed by atoms with Crippen LogP contribution < -0.4 is 0 Å². The number of hydrogen-bond donors (Lipinski definition) is 0. The van der Waals surface area contributed by atoms with Crippen molar-refractivity contribution in [2.75, 3.05) is 0 Å². The summed E-state index contributed by atoms with van der Waals surface area (Å²) in [5.74, 6) is -1.51. The van der Waals surface area contributed by atoms with Crippen LogP contribution in [-0.2, 0) is 0 Å². The lowest BCUT2D eigenvalue weighted by Crippen LogP contribution is -2.14. The van der Waals surface area contributed by atoms with E-state index in [1.165, 1.54) is 18.2 Å². The molecule has 17 heavy (non-hydrogen) atoms. The highest BCUT2D eigenvalue weighted by atomic mass is 35.5. The van der Waals surface area contributed by atoms with Crippen LogP contribution in [0.3, 0.4) is 0 Å². The number of nitro benzene ring substituents is 1. The number of nitriles is 1. The third-order valence-corrected chi connectivity index (χ3v) is 2.63. The lowest BCUT2D eigenvalue weighted by molar-refractivity contribution is -0.385. The summed E-state index contributed by atoms with van der Waals surface area (Å²) in [6, 6.07) is 5.80. The fourth-order valence-corrected chi connectivity index (χ4v) is 1.68. The lowest BCUT2D eigenvalue weighted by Gasteiger charge is -2.07. The summed E-state index contributed by atoms with van der Waals surface area (Å²) in [5, 5.41) is 19.6. The Morgan fingerprint density at radius 2 is 2.29 bits per heavy atom. The van der Waals surface area contributed by atoms with Crippen LogP contribution in [0.5, 0.6) is 0 Å². The van der Waals surface area contributed by atoms with Crippen molar-refractivity contribution in [1.29, 1.82) is 5.26 Å². The summed E-state index contributed by atoms with van der Waals surface area (Å²) in [4.78, 5) is 22.1. The monoisotopic (exact) mass is 252 g/mol. The average molecular weight is 253 g/mol. The van der Waals surface area contributed by atoms with E-state index in [4.69, 9.17) is 16.9 Å². The molecule has 1 atom stereocenters. The molecular formula is C11H9ClN2O3. The zero-order chi connectivity index (χ0) is 13.0. The van der Waals surface area contributed by atoms with Crippen molar-refractivity contribution in [2.24, 2.45) is 5.92 Å².